The first-order valence-electron chi connectivity index (χ1n) is 8.53. The quantitative estimate of drug-likeness (QED) is 0.799. The van der Waals surface area contributed by atoms with E-state index in [9.17, 15) is 0 Å². The van der Waals surface area contributed by atoms with E-state index in [1.54, 1.807) is 32.1 Å². The van der Waals surface area contributed by atoms with Crippen molar-refractivity contribution in [1.29, 1.82) is 0 Å². The molecular formula is C17H29N. The maximum absolute atomic E-state index is 4.04. The minimum Gasteiger partial charge on any atom is -0.313 e. The van der Waals surface area contributed by atoms with E-state index in [1.165, 1.54) is 25.8 Å². The van der Waals surface area contributed by atoms with E-state index >= 15 is 0 Å². The highest BCUT2D eigenvalue weighted by Gasteiger charge is 2.48. The first kappa shape index (κ1) is 11.8. The van der Waals surface area contributed by atoms with Gasteiger partial charge in [-0.3, -0.25) is 0 Å². The minimum absolute atomic E-state index is 0.908. The Morgan fingerprint density at radius 2 is 1.56 bits per heavy atom. The highest BCUT2D eigenvalue weighted by molar-refractivity contribution is 5.01. The standard InChI is InChI=1S/C17H29N/c1-11-3-2-4-14(11)10-18-17-15-6-12-5-13(8-15)9-16(17)7-12/h11-18H,2-10H2,1H3. The maximum Gasteiger partial charge on any atom is 0.0124 e. The van der Waals surface area contributed by atoms with Crippen LogP contribution in [0.3, 0.4) is 0 Å². The fourth-order valence-electron chi connectivity index (χ4n) is 6.07. The smallest absolute Gasteiger partial charge is 0.0124 e. The van der Waals surface area contributed by atoms with Gasteiger partial charge >= 0.3 is 0 Å². The van der Waals surface area contributed by atoms with Crippen LogP contribution in [0, 0.1) is 35.5 Å². The van der Waals surface area contributed by atoms with Crippen molar-refractivity contribution < 1.29 is 0 Å². The van der Waals surface area contributed by atoms with Crippen molar-refractivity contribution in [3.63, 3.8) is 0 Å². The predicted molar refractivity (Wildman–Crippen MR) is 75.3 cm³/mol. The first-order chi connectivity index (χ1) is 8.79. The molecule has 0 saturated heterocycles. The summed E-state index contributed by atoms with van der Waals surface area (Å²) in [4.78, 5) is 0. The normalized spacial score (nSPS) is 54.2. The Morgan fingerprint density at radius 1 is 0.889 bits per heavy atom. The average molecular weight is 247 g/mol. The lowest BCUT2D eigenvalue weighted by atomic mass is 9.54. The van der Waals surface area contributed by atoms with Crippen LogP contribution in [0.25, 0.3) is 0 Å². The van der Waals surface area contributed by atoms with Gasteiger partial charge in [-0.2, -0.15) is 0 Å². The van der Waals surface area contributed by atoms with Gasteiger partial charge in [-0.25, -0.2) is 0 Å². The van der Waals surface area contributed by atoms with E-state index in [0.717, 1.165) is 41.5 Å². The summed E-state index contributed by atoms with van der Waals surface area (Å²) in [6, 6.07) is 0.908. The van der Waals surface area contributed by atoms with Crippen molar-refractivity contribution in [2.75, 3.05) is 6.54 Å². The van der Waals surface area contributed by atoms with Crippen molar-refractivity contribution in [2.24, 2.45) is 35.5 Å². The monoisotopic (exact) mass is 247 g/mol. The SMILES string of the molecule is CC1CCCC1CNC1C2CC3CC(C2)CC1C3. The Balaban J connectivity index is 1.37. The molecule has 2 unspecified atom stereocenters. The zero-order valence-corrected chi connectivity index (χ0v) is 11.9. The summed E-state index contributed by atoms with van der Waals surface area (Å²) in [5.74, 6) is 6.32. The number of nitrogens with one attached hydrogen (secondary N) is 1. The highest BCUT2D eigenvalue weighted by atomic mass is 14.9. The Hall–Kier alpha value is -0.0400. The van der Waals surface area contributed by atoms with Crippen LogP contribution >= 0.6 is 0 Å². The molecule has 0 aromatic heterocycles. The average Bonchev–Trinajstić information content (AvgIpc) is 2.73. The van der Waals surface area contributed by atoms with E-state index in [4.69, 9.17) is 0 Å². The van der Waals surface area contributed by atoms with Gasteiger partial charge in [0.05, 0.1) is 0 Å². The molecular weight excluding hydrogens is 218 g/mol. The predicted octanol–water partition coefficient (Wildman–Crippen LogP) is 3.84. The molecule has 1 N–H and O–H groups in total. The zero-order chi connectivity index (χ0) is 12.1. The topological polar surface area (TPSA) is 12.0 Å². The van der Waals surface area contributed by atoms with Crippen molar-refractivity contribution in [2.45, 2.75) is 64.3 Å². The first-order valence-corrected chi connectivity index (χ1v) is 8.53. The third-order valence-electron chi connectivity index (χ3n) is 6.88. The molecule has 0 aromatic carbocycles. The Kier molecular flexibility index (Phi) is 2.94. The second kappa shape index (κ2) is 4.51. The maximum atomic E-state index is 4.04. The third kappa shape index (κ3) is 1.94. The number of hydrogen-bond donors (Lipinski definition) is 1. The molecule has 0 aliphatic heterocycles. The molecule has 4 bridgehead atoms. The highest BCUT2D eigenvalue weighted by Crippen LogP contribution is 2.53. The summed E-state index contributed by atoms with van der Waals surface area (Å²) in [5.41, 5.74) is 0. The van der Waals surface area contributed by atoms with E-state index < -0.39 is 0 Å². The molecule has 18 heavy (non-hydrogen) atoms. The molecule has 5 saturated carbocycles. The summed E-state index contributed by atoms with van der Waals surface area (Å²) in [6.07, 6.45) is 12.3. The van der Waals surface area contributed by atoms with Gasteiger partial charge in [-0.1, -0.05) is 19.8 Å². The Morgan fingerprint density at radius 3 is 2.11 bits per heavy atom. The number of rotatable bonds is 3. The Labute approximate surface area is 112 Å². The van der Waals surface area contributed by atoms with Gasteiger partial charge in [-0.15, -0.1) is 0 Å². The molecule has 0 heterocycles. The number of hydrogen-bond acceptors (Lipinski definition) is 1. The van der Waals surface area contributed by atoms with Gasteiger partial charge in [0.1, 0.15) is 0 Å². The van der Waals surface area contributed by atoms with Gasteiger partial charge in [0, 0.05) is 6.04 Å². The molecule has 0 spiro atoms. The lowest BCUT2D eigenvalue weighted by Crippen LogP contribution is -2.55. The van der Waals surface area contributed by atoms with Gasteiger partial charge in [0.2, 0.25) is 0 Å². The summed E-state index contributed by atoms with van der Waals surface area (Å²) in [7, 11) is 0. The molecule has 5 aliphatic carbocycles. The van der Waals surface area contributed by atoms with Crippen LogP contribution in [0.4, 0.5) is 0 Å². The second-order valence-corrected chi connectivity index (χ2v) is 8.03. The molecule has 102 valence electrons. The molecule has 1 nitrogen and oxygen atoms in total. The summed E-state index contributed by atoms with van der Waals surface area (Å²) < 4.78 is 0. The largest absolute Gasteiger partial charge is 0.313 e. The zero-order valence-electron chi connectivity index (χ0n) is 11.9. The molecule has 5 fully saturated rings. The second-order valence-electron chi connectivity index (χ2n) is 8.03. The van der Waals surface area contributed by atoms with Crippen LogP contribution in [0.1, 0.15) is 58.3 Å². The van der Waals surface area contributed by atoms with Crippen LogP contribution in [-0.4, -0.2) is 12.6 Å². The summed E-state index contributed by atoms with van der Waals surface area (Å²) >= 11 is 0. The van der Waals surface area contributed by atoms with Crippen LogP contribution < -0.4 is 5.32 Å². The van der Waals surface area contributed by atoms with E-state index in [1.807, 2.05) is 0 Å². The van der Waals surface area contributed by atoms with Crippen LogP contribution in [0.15, 0.2) is 0 Å². The lowest BCUT2D eigenvalue weighted by molar-refractivity contribution is -0.0151. The molecule has 0 radical (unpaired) electrons. The Bertz CT molecular complexity index is 283. The van der Waals surface area contributed by atoms with Crippen molar-refractivity contribution >= 4 is 0 Å². The van der Waals surface area contributed by atoms with Gasteiger partial charge in [0.25, 0.3) is 0 Å². The van der Waals surface area contributed by atoms with Crippen molar-refractivity contribution in [3.05, 3.63) is 0 Å². The van der Waals surface area contributed by atoms with Crippen LogP contribution in [-0.2, 0) is 0 Å². The van der Waals surface area contributed by atoms with Gasteiger partial charge < -0.3 is 5.32 Å². The van der Waals surface area contributed by atoms with E-state index in [0.29, 0.717) is 0 Å². The molecule has 1 heteroatoms. The lowest BCUT2D eigenvalue weighted by Gasteiger charge is -2.54. The van der Waals surface area contributed by atoms with Gasteiger partial charge in [-0.05, 0) is 80.6 Å². The van der Waals surface area contributed by atoms with E-state index in [-0.39, 0.29) is 0 Å². The fourth-order valence-corrected chi connectivity index (χ4v) is 6.07. The molecule has 5 rings (SSSR count). The van der Waals surface area contributed by atoms with Crippen molar-refractivity contribution in [1.82, 2.24) is 5.32 Å². The van der Waals surface area contributed by atoms with Crippen molar-refractivity contribution in [3.8, 4) is 0 Å². The molecule has 2 atom stereocenters. The third-order valence-corrected chi connectivity index (χ3v) is 6.88. The minimum atomic E-state index is 0.908. The van der Waals surface area contributed by atoms with Crippen LogP contribution in [0.2, 0.25) is 0 Å². The summed E-state index contributed by atoms with van der Waals surface area (Å²) in [6.45, 7) is 3.80. The molecule has 5 aliphatic rings. The molecule has 0 amide bonds. The molecule has 0 aromatic rings. The van der Waals surface area contributed by atoms with E-state index in [2.05, 4.69) is 12.2 Å². The van der Waals surface area contributed by atoms with Crippen LogP contribution in [0.5, 0.6) is 0 Å². The summed E-state index contributed by atoms with van der Waals surface area (Å²) in [5, 5.41) is 4.04. The fraction of sp³-hybridized carbons (Fsp3) is 1.00. The van der Waals surface area contributed by atoms with Gasteiger partial charge in [0.15, 0.2) is 0 Å².